The molecule has 0 spiro atoms. The summed E-state index contributed by atoms with van der Waals surface area (Å²) in [6.07, 6.45) is 0. The van der Waals surface area contributed by atoms with Crippen molar-refractivity contribution in [2.75, 3.05) is 26.1 Å². The molecule has 0 radical (unpaired) electrons. The normalized spacial score (nSPS) is 13.5. The van der Waals surface area contributed by atoms with E-state index in [1.807, 2.05) is 25.1 Å². The van der Waals surface area contributed by atoms with Crippen LogP contribution < -0.4 is 20.5 Å². The summed E-state index contributed by atoms with van der Waals surface area (Å²) < 4.78 is 15.8. The van der Waals surface area contributed by atoms with Gasteiger partial charge in [0.1, 0.15) is 23.8 Å². The van der Waals surface area contributed by atoms with Crippen LogP contribution in [0.2, 0.25) is 0 Å². The van der Waals surface area contributed by atoms with Gasteiger partial charge in [-0.1, -0.05) is 17.8 Å². The zero-order valence-electron chi connectivity index (χ0n) is 16.2. The Morgan fingerprint density at radius 3 is 2.76 bits per heavy atom. The van der Waals surface area contributed by atoms with E-state index in [1.54, 1.807) is 6.92 Å². The number of rotatable bonds is 6. The number of hydrogen-bond donors (Lipinski definition) is 2. The number of fused-ring (bicyclic) bond motifs is 1. The Morgan fingerprint density at radius 1 is 1.31 bits per heavy atom. The van der Waals surface area contributed by atoms with Crippen molar-refractivity contribution in [2.45, 2.75) is 24.9 Å². The molecule has 0 saturated carbocycles. The van der Waals surface area contributed by atoms with Gasteiger partial charge in [-0.3, -0.25) is 4.79 Å². The summed E-state index contributed by atoms with van der Waals surface area (Å²) in [5.41, 5.74) is 0.755. The van der Waals surface area contributed by atoms with Crippen molar-refractivity contribution in [3.8, 4) is 11.5 Å². The molecule has 29 heavy (non-hydrogen) atoms. The van der Waals surface area contributed by atoms with E-state index in [0.717, 1.165) is 17.3 Å². The number of carbonyl (C=O) groups excluding carboxylic acids is 2. The summed E-state index contributed by atoms with van der Waals surface area (Å²) in [6, 6.07) is 5.24. The van der Waals surface area contributed by atoms with E-state index in [0.29, 0.717) is 30.4 Å². The quantitative estimate of drug-likeness (QED) is 0.412. The molecule has 0 fully saturated rings. The molecule has 154 valence electrons. The maximum Gasteiger partial charge on any atom is 0.346 e. The minimum Gasteiger partial charge on any atom is -0.486 e. The van der Waals surface area contributed by atoms with Gasteiger partial charge < -0.3 is 24.5 Å². The first kappa shape index (κ1) is 20.7. The molecule has 3 rings (SSSR count). The second-order valence-electron chi connectivity index (χ2n) is 6.32. The molecule has 10 heteroatoms. The molecule has 2 heterocycles. The number of thioether (sulfide) groups is 1. The average Bonchev–Trinajstić information content (AvgIpc) is 2.71. The average molecular weight is 419 g/mol. The number of H-pyrrole nitrogens is 1. The van der Waals surface area contributed by atoms with E-state index in [4.69, 9.17) is 14.2 Å². The summed E-state index contributed by atoms with van der Waals surface area (Å²) >= 11 is 0.999. The summed E-state index contributed by atoms with van der Waals surface area (Å²) in [6.45, 7) is 4.42. The number of nitrogens with zero attached hydrogens (tertiary/aromatic N) is 1. The fraction of sp³-hybridized carbons (Fsp3) is 0.368. The van der Waals surface area contributed by atoms with Crippen molar-refractivity contribution in [3.05, 3.63) is 45.5 Å². The highest BCUT2D eigenvalue weighted by atomic mass is 32.2. The highest BCUT2D eigenvalue weighted by molar-refractivity contribution is 8.00. The predicted molar refractivity (Wildman–Crippen MR) is 106 cm³/mol. The molecular formula is C19H21N3O6S. The lowest BCUT2D eigenvalue weighted by molar-refractivity contribution is -0.119. The Kier molecular flexibility index (Phi) is 6.42. The summed E-state index contributed by atoms with van der Waals surface area (Å²) in [7, 11) is 1.24. The van der Waals surface area contributed by atoms with E-state index in [-0.39, 0.29) is 28.3 Å². The third-order valence-corrected chi connectivity index (χ3v) is 5.23. The highest BCUT2D eigenvalue weighted by Gasteiger charge is 2.20. The maximum absolute atomic E-state index is 12.4. The number of hydrogen-bond acceptors (Lipinski definition) is 8. The van der Waals surface area contributed by atoms with Gasteiger partial charge in [0.15, 0.2) is 11.5 Å². The zero-order valence-corrected chi connectivity index (χ0v) is 17.1. The SMILES string of the molecule is COC(=O)c1c(SCC(=O)N[C@H](C)c2ccc3c(c2)OCCO3)nc(=O)[nH]c1C. The smallest absolute Gasteiger partial charge is 0.346 e. The Bertz CT molecular complexity index is 990. The first-order valence-electron chi connectivity index (χ1n) is 8.90. The largest absolute Gasteiger partial charge is 0.486 e. The Labute approximate surface area is 171 Å². The van der Waals surface area contributed by atoms with Gasteiger partial charge >= 0.3 is 11.7 Å². The molecule has 0 unspecified atom stereocenters. The van der Waals surface area contributed by atoms with Crippen LogP contribution >= 0.6 is 11.8 Å². The van der Waals surface area contributed by atoms with Crippen molar-refractivity contribution in [2.24, 2.45) is 0 Å². The summed E-state index contributed by atoms with van der Waals surface area (Å²) in [5.74, 6) is 0.413. The van der Waals surface area contributed by atoms with Crippen LogP contribution in [0.15, 0.2) is 28.0 Å². The number of aromatic amines is 1. The number of aryl methyl sites for hydroxylation is 1. The molecule has 1 aliphatic rings. The number of nitrogens with one attached hydrogen (secondary N) is 2. The van der Waals surface area contributed by atoms with Crippen molar-refractivity contribution in [3.63, 3.8) is 0 Å². The lowest BCUT2D eigenvalue weighted by Crippen LogP contribution is -2.28. The van der Waals surface area contributed by atoms with Crippen LogP contribution in [0.4, 0.5) is 0 Å². The number of methoxy groups -OCH3 is 1. The molecule has 1 aliphatic heterocycles. The Balaban J connectivity index is 1.66. The third-order valence-electron chi connectivity index (χ3n) is 4.26. The predicted octanol–water partition coefficient (Wildman–Crippen LogP) is 1.61. The number of benzene rings is 1. The van der Waals surface area contributed by atoms with Crippen LogP contribution in [0.3, 0.4) is 0 Å². The van der Waals surface area contributed by atoms with Crippen molar-refractivity contribution in [1.29, 1.82) is 0 Å². The van der Waals surface area contributed by atoms with Crippen LogP contribution in [0.25, 0.3) is 0 Å². The van der Waals surface area contributed by atoms with Crippen LogP contribution in [0, 0.1) is 6.92 Å². The zero-order chi connectivity index (χ0) is 21.0. The fourth-order valence-corrected chi connectivity index (χ4v) is 3.72. The molecule has 1 aromatic carbocycles. The van der Waals surface area contributed by atoms with E-state index in [2.05, 4.69) is 15.3 Å². The molecule has 9 nitrogen and oxygen atoms in total. The lowest BCUT2D eigenvalue weighted by Gasteiger charge is -2.21. The lowest BCUT2D eigenvalue weighted by atomic mass is 10.1. The molecule has 1 amide bonds. The van der Waals surface area contributed by atoms with E-state index < -0.39 is 11.7 Å². The molecule has 1 atom stereocenters. The van der Waals surface area contributed by atoms with Crippen LogP contribution in [-0.4, -0.2) is 47.9 Å². The third kappa shape index (κ3) is 4.89. The monoisotopic (exact) mass is 419 g/mol. The number of ether oxygens (including phenoxy) is 3. The maximum atomic E-state index is 12.4. The number of aromatic nitrogens is 2. The standard InChI is InChI=1S/C19H21N3O6S/c1-10(12-4-5-13-14(8-12)28-7-6-27-13)20-15(23)9-29-17-16(18(24)26-3)11(2)21-19(25)22-17/h4-5,8,10H,6-7,9H2,1-3H3,(H,20,23)(H,21,22,25)/t10-/m1/s1. The van der Waals surface area contributed by atoms with Crippen molar-refractivity contribution >= 4 is 23.6 Å². The Morgan fingerprint density at radius 2 is 2.03 bits per heavy atom. The van der Waals surface area contributed by atoms with Gasteiger partial charge in [0, 0.05) is 5.69 Å². The van der Waals surface area contributed by atoms with Gasteiger partial charge in [-0.05, 0) is 31.5 Å². The highest BCUT2D eigenvalue weighted by Crippen LogP contribution is 2.32. The van der Waals surface area contributed by atoms with E-state index >= 15 is 0 Å². The van der Waals surface area contributed by atoms with Gasteiger partial charge in [0.25, 0.3) is 0 Å². The number of esters is 1. The summed E-state index contributed by atoms with van der Waals surface area (Å²) in [4.78, 5) is 42.3. The number of amides is 1. The van der Waals surface area contributed by atoms with E-state index in [9.17, 15) is 14.4 Å². The molecule has 2 N–H and O–H groups in total. The fourth-order valence-electron chi connectivity index (χ4n) is 2.84. The van der Waals surface area contributed by atoms with Gasteiger partial charge in [0.05, 0.1) is 18.9 Å². The van der Waals surface area contributed by atoms with Gasteiger partial charge in [-0.2, -0.15) is 4.98 Å². The molecule has 0 aliphatic carbocycles. The van der Waals surface area contributed by atoms with E-state index in [1.165, 1.54) is 7.11 Å². The molecule has 0 saturated heterocycles. The summed E-state index contributed by atoms with van der Waals surface area (Å²) in [5, 5.41) is 3.03. The van der Waals surface area contributed by atoms with Crippen molar-refractivity contribution < 1.29 is 23.8 Å². The van der Waals surface area contributed by atoms with Gasteiger partial charge in [0.2, 0.25) is 5.91 Å². The first-order chi connectivity index (χ1) is 13.9. The first-order valence-corrected chi connectivity index (χ1v) is 9.88. The Hall–Kier alpha value is -3.01. The van der Waals surface area contributed by atoms with Gasteiger partial charge in [-0.25, -0.2) is 9.59 Å². The van der Waals surface area contributed by atoms with Crippen LogP contribution in [0.5, 0.6) is 11.5 Å². The molecule has 2 aromatic rings. The van der Waals surface area contributed by atoms with Crippen LogP contribution in [-0.2, 0) is 9.53 Å². The second-order valence-corrected chi connectivity index (χ2v) is 7.28. The minimum atomic E-state index is -0.626. The molecular weight excluding hydrogens is 398 g/mol. The molecule has 1 aromatic heterocycles. The van der Waals surface area contributed by atoms with Crippen molar-refractivity contribution in [1.82, 2.24) is 15.3 Å². The topological polar surface area (TPSA) is 120 Å². The minimum absolute atomic E-state index is 0.0191. The number of carbonyl (C=O) groups is 2. The van der Waals surface area contributed by atoms with Crippen LogP contribution in [0.1, 0.15) is 34.6 Å². The van der Waals surface area contributed by atoms with Gasteiger partial charge in [-0.15, -0.1) is 0 Å². The molecule has 0 bridgehead atoms. The second kappa shape index (κ2) is 8.99.